The summed E-state index contributed by atoms with van der Waals surface area (Å²) in [5, 5.41) is 0.474. The summed E-state index contributed by atoms with van der Waals surface area (Å²) in [6.07, 6.45) is 0.713. The molecule has 0 aromatic heterocycles. The van der Waals surface area contributed by atoms with Gasteiger partial charge in [0.15, 0.2) is 0 Å². The van der Waals surface area contributed by atoms with Gasteiger partial charge in [-0.3, -0.25) is 21.1 Å². The number of piperazine rings is 3. The van der Waals surface area contributed by atoms with Crippen molar-refractivity contribution in [2.45, 2.75) is 18.5 Å². The molecule has 2 atom stereocenters. The summed E-state index contributed by atoms with van der Waals surface area (Å²) in [6, 6.07) is 5.08. The highest BCUT2D eigenvalue weighted by molar-refractivity contribution is 6.31. The quantitative estimate of drug-likeness (QED) is 0.639. The van der Waals surface area contributed by atoms with Crippen LogP contribution >= 0.6 is 11.6 Å². The first-order valence-electron chi connectivity index (χ1n) is 7.04. The number of hydrogen-bond donors (Lipinski definition) is 2. The second kappa shape index (κ2) is 5.95. The average Bonchev–Trinajstić information content (AvgIpc) is 2.48. The van der Waals surface area contributed by atoms with Crippen molar-refractivity contribution in [3.8, 4) is 0 Å². The fraction of sp³-hybridized carbons (Fsp3) is 0.571. The Morgan fingerprint density at radius 3 is 2.65 bits per heavy atom. The lowest BCUT2D eigenvalue weighted by atomic mass is 9.95. The molecular weight excluding hydrogens is 279 g/mol. The van der Waals surface area contributed by atoms with Gasteiger partial charge in [-0.15, -0.1) is 0 Å². The van der Waals surface area contributed by atoms with Crippen LogP contribution < -0.4 is 11.3 Å². The van der Waals surface area contributed by atoms with Gasteiger partial charge in [0.25, 0.3) is 0 Å². The molecule has 2 unspecified atom stereocenters. The van der Waals surface area contributed by atoms with Crippen LogP contribution in [0.4, 0.5) is 4.39 Å². The Kier molecular flexibility index (Phi) is 4.23. The highest BCUT2D eigenvalue weighted by atomic mass is 35.5. The zero-order valence-corrected chi connectivity index (χ0v) is 12.1. The van der Waals surface area contributed by atoms with Gasteiger partial charge in [-0.1, -0.05) is 17.7 Å². The first-order valence-corrected chi connectivity index (χ1v) is 7.41. The van der Waals surface area contributed by atoms with Gasteiger partial charge >= 0.3 is 0 Å². The number of benzene rings is 1. The molecule has 0 spiro atoms. The van der Waals surface area contributed by atoms with Crippen LogP contribution in [0.15, 0.2) is 18.2 Å². The highest BCUT2D eigenvalue weighted by Gasteiger charge is 2.36. The lowest BCUT2D eigenvalue weighted by Crippen LogP contribution is -2.67. The van der Waals surface area contributed by atoms with E-state index in [2.05, 4.69) is 15.2 Å². The summed E-state index contributed by atoms with van der Waals surface area (Å²) in [4.78, 5) is 4.96. The second-order valence-electron chi connectivity index (χ2n) is 5.62. The van der Waals surface area contributed by atoms with E-state index in [1.165, 1.54) is 12.1 Å². The van der Waals surface area contributed by atoms with Crippen LogP contribution in [0, 0.1) is 5.82 Å². The number of nitrogens with one attached hydrogen (secondary N) is 1. The van der Waals surface area contributed by atoms with Gasteiger partial charge in [-0.25, -0.2) is 4.39 Å². The summed E-state index contributed by atoms with van der Waals surface area (Å²) < 4.78 is 13.1. The molecule has 1 aromatic carbocycles. The topological polar surface area (TPSA) is 44.5 Å². The molecule has 3 fully saturated rings. The van der Waals surface area contributed by atoms with Crippen molar-refractivity contribution in [3.05, 3.63) is 34.6 Å². The first kappa shape index (κ1) is 14.2. The van der Waals surface area contributed by atoms with E-state index in [0.29, 0.717) is 17.5 Å². The average molecular weight is 299 g/mol. The molecule has 4 rings (SSSR count). The molecular formula is C14H20ClFN4. The third-order valence-electron chi connectivity index (χ3n) is 4.45. The largest absolute Gasteiger partial charge is 0.299 e. The zero-order valence-electron chi connectivity index (χ0n) is 11.4. The van der Waals surface area contributed by atoms with E-state index in [9.17, 15) is 4.39 Å². The summed E-state index contributed by atoms with van der Waals surface area (Å²) in [7, 11) is 0. The Bertz CT molecular complexity index is 476. The van der Waals surface area contributed by atoms with Crippen molar-refractivity contribution >= 4 is 11.6 Å². The molecule has 110 valence electrons. The molecule has 3 heterocycles. The minimum atomic E-state index is -0.303. The summed E-state index contributed by atoms with van der Waals surface area (Å²) in [6.45, 7) is 5.52. The molecule has 3 saturated heterocycles. The van der Waals surface area contributed by atoms with E-state index in [1.807, 2.05) is 0 Å². The number of nitrogens with zero attached hydrogens (tertiary/aromatic N) is 2. The second-order valence-corrected chi connectivity index (χ2v) is 6.02. The van der Waals surface area contributed by atoms with E-state index in [0.717, 1.165) is 38.3 Å². The van der Waals surface area contributed by atoms with E-state index < -0.39 is 0 Å². The molecule has 4 nitrogen and oxygen atoms in total. The number of fused-ring (bicyclic) bond motifs is 3. The van der Waals surface area contributed by atoms with E-state index in [4.69, 9.17) is 17.4 Å². The standard InChI is InChI=1S/C14H20ClFN4/c15-12-8-11(16)2-1-10(12)7-13(18-17)14-9-19-3-5-20(14)6-4-19/h1-2,8,13-14,18H,3-7,9,17H2. The van der Waals surface area contributed by atoms with Crippen LogP contribution in [0.25, 0.3) is 0 Å². The number of hydrogen-bond acceptors (Lipinski definition) is 4. The Labute approximate surface area is 123 Å². The minimum Gasteiger partial charge on any atom is -0.299 e. The van der Waals surface area contributed by atoms with Gasteiger partial charge in [0.1, 0.15) is 5.82 Å². The van der Waals surface area contributed by atoms with Gasteiger partial charge in [0, 0.05) is 49.8 Å². The maximum atomic E-state index is 13.1. The molecule has 0 saturated carbocycles. The van der Waals surface area contributed by atoms with Crippen LogP contribution in [-0.4, -0.2) is 54.6 Å². The molecule has 0 radical (unpaired) electrons. The van der Waals surface area contributed by atoms with Crippen molar-refractivity contribution in [2.24, 2.45) is 5.84 Å². The fourth-order valence-corrected chi connectivity index (χ4v) is 3.51. The molecule has 2 bridgehead atoms. The molecule has 0 amide bonds. The highest BCUT2D eigenvalue weighted by Crippen LogP contribution is 2.23. The number of nitrogens with two attached hydrogens (primary N) is 1. The van der Waals surface area contributed by atoms with Crippen molar-refractivity contribution in [1.29, 1.82) is 0 Å². The summed E-state index contributed by atoms with van der Waals surface area (Å²) in [5.74, 6) is 5.45. The van der Waals surface area contributed by atoms with Crippen LogP contribution in [0.3, 0.4) is 0 Å². The van der Waals surface area contributed by atoms with Gasteiger partial charge < -0.3 is 0 Å². The lowest BCUT2D eigenvalue weighted by Gasteiger charge is -2.50. The Balaban J connectivity index is 1.73. The third-order valence-corrected chi connectivity index (χ3v) is 4.81. The monoisotopic (exact) mass is 298 g/mol. The molecule has 6 heteroatoms. The first-order chi connectivity index (χ1) is 9.67. The van der Waals surface area contributed by atoms with Crippen molar-refractivity contribution in [2.75, 3.05) is 32.7 Å². The van der Waals surface area contributed by atoms with E-state index >= 15 is 0 Å². The zero-order chi connectivity index (χ0) is 14.1. The summed E-state index contributed by atoms with van der Waals surface area (Å²) >= 11 is 6.12. The number of rotatable bonds is 4. The molecule has 3 N–H and O–H groups in total. The minimum absolute atomic E-state index is 0.126. The van der Waals surface area contributed by atoms with Crippen LogP contribution in [0.2, 0.25) is 5.02 Å². The van der Waals surface area contributed by atoms with Crippen molar-refractivity contribution in [3.63, 3.8) is 0 Å². The van der Waals surface area contributed by atoms with Crippen molar-refractivity contribution < 1.29 is 4.39 Å². The predicted octanol–water partition coefficient (Wildman–Crippen LogP) is 0.853. The van der Waals surface area contributed by atoms with Crippen LogP contribution in [0.1, 0.15) is 5.56 Å². The summed E-state index contributed by atoms with van der Waals surface area (Å²) in [5.41, 5.74) is 3.86. The molecule has 1 aromatic rings. The Hall–Kier alpha value is -0.720. The van der Waals surface area contributed by atoms with Gasteiger partial charge in [0.2, 0.25) is 0 Å². The predicted molar refractivity (Wildman–Crippen MR) is 78.0 cm³/mol. The smallest absolute Gasteiger partial charge is 0.124 e. The molecule has 3 aliphatic rings. The van der Waals surface area contributed by atoms with Gasteiger partial charge in [0.05, 0.1) is 0 Å². The maximum Gasteiger partial charge on any atom is 0.124 e. The fourth-order valence-electron chi connectivity index (χ4n) is 3.27. The Morgan fingerprint density at radius 1 is 1.35 bits per heavy atom. The normalized spacial score (nSPS) is 30.4. The van der Waals surface area contributed by atoms with E-state index in [1.54, 1.807) is 6.07 Å². The maximum absolute atomic E-state index is 13.1. The van der Waals surface area contributed by atoms with Crippen molar-refractivity contribution in [1.82, 2.24) is 15.2 Å². The van der Waals surface area contributed by atoms with Gasteiger partial charge in [-0.05, 0) is 24.1 Å². The molecule has 0 aliphatic carbocycles. The number of halogens is 2. The SMILES string of the molecule is NNC(Cc1ccc(F)cc1Cl)C1CN2CCN1CC2. The van der Waals surface area contributed by atoms with Crippen LogP contribution in [-0.2, 0) is 6.42 Å². The molecule has 20 heavy (non-hydrogen) atoms. The Morgan fingerprint density at radius 2 is 2.10 bits per heavy atom. The van der Waals surface area contributed by atoms with E-state index in [-0.39, 0.29) is 11.9 Å². The van der Waals surface area contributed by atoms with Crippen LogP contribution in [0.5, 0.6) is 0 Å². The van der Waals surface area contributed by atoms with Gasteiger partial charge in [-0.2, -0.15) is 0 Å². The lowest BCUT2D eigenvalue weighted by molar-refractivity contribution is -0.00314. The third kappa shape index (κ3) is 2.82. The number of hydrazine groups is 1. The molecule has 3 aliphatic heterocycles.